The van der Waals surface area contributed by atoms with Crippen molar-refractivity contribution < 1.29 is 15.0 Å². The first-order valence-electron chi connectivity index (χ1n) is 8.18. The van der Waals surface area contributed by atoms with Crippen molar-refractivity contribution >= 4 is 17.7 Å². The Bertz CT molecular complexity index is 222. The average molecular weight is 304 g/mol. The van der Waals surface area contributed by atoms with Gasteiger partial charge >= 0.3 is 5.97 Å². The fourth-order valence-corrected chi connectivity index (χ4v) is 2.90. The molecule has 0 aromatic rings. The fraction of sp³-hybridized carbons (Fsp3) is 0.938. The number of thioether (sulfide) groups is 1. The summed E-state index contributed by atoms with van der Waals surface area (Å²) in [5.74, 6) is -0.855. The van der Waals surface area contributed by atoms with Gasteiger partial charge in [0.1, 0.15) is 0 Å². The molecule has 120 valence electrons. The molecule has 0 aromatic carbocycles. The van der Waals surface area contributed by atoms with Crippen molar-refractivity contribution in [1.82, 2.24) is 0 Å². The Morgan fingerprint density at radius 3 is 1.80 bits per heavy atom. The van der Waals surface area contributed by atoms with Crippen molar-refractivity contribution in [2.75, 3.05) is 5.75 Å². The molecule has 0 aromatic heterocycles. The number of aliphatic hydroxyl groups is 1. The second kappa shape index (κ2) is 15.2. The van der Waals surface area contributed by atoms with Crippen LogP contribution in [0.4, 0.5) is 0 Å². The lowest BCUT2D eigenvalue weighted by Crippen LogP contribution is -2.07. The van der Waals surface area contributed by atoms with E-state index in [2.05, 4.69) is 6.92 Å². The van der Waals surface area contributed by atoms with Gasteiger partial charge in [0.25, 0.3) is 0 Å². The molecule has 0 amide bonds. The third kappa shape index (κ3) is 15.8. The molecule has 0 heterocycles. The quantitative estimate of drug-likeness (QED) is 0.336. The van der Waals surface area contributed by atoms with Gasteiger partial charge in [-0.2, -0.15) is 0 Å². The first-order valence-corrected chi connectivity index (χ1v) is 9.23. The zero-order chi connectivity index (χ0) is 15.1. The van der Waals surface area contributed by atoms with Crippen LogP contribution >= 0.6 is 11.8 Å². The molecule has 2 N–H and O–H groups in total. The number of aliphatic carboxylic acids is 1. The number of carboxylic acid groups (broad SMARTS) is 1. The lowest BCUT2D eigenvalue weighted by Gasteiger charge is -2.08. The van der Waals surface area contributed by atoms with Crippen LogP contribution in [-0.4, -0.2) is 27.4 Å². The van der Waals surface area contributed by atoms with Crippen LogP contribution in [0.5, 0.6) is 0 Å². The Morgan fingerprint density at radius 1 is 0.900 bits per heavy atom. The minimum absolute atomic E-state index is 0.000796. The van der Waals surface area contributed by atoms with E-state index in [4.69, 9.17) is 5.11 Å². The molecule has 0 saturated carbocycles. The maximum atomic E-state index is 10.3. The molecular weight excluding hydrogens is 272 g/mol. The van der Waals surface area contributed by atoms with E-state index in [9.17, 15) is 9.90 Å². The zero-order valence-corrected chi connectivity index (χ0v) is 13.8. The predicted octanol–water partition coefficient (Wildman–Crippen LogP) is 4.82. The molecule has 4 heteroatoms. The van der Waals surface area contributed by atoms with Gasteiger partial charge in [-0.25, -0.2) is 0 Å². The highest BCUT2D eigenvalue weighted by molar-refractivity contribution is 8.00. The topological polar surface area (TPSA) is 57.5 Å². The van der Waals surface area contributed by atoms with E-state index in [1.54, 1.807) is 0 Å². The summed E-state index contributed by atoms with van der Waals surface area (Å²) in [5, 5.41) is 18.0. The summed E-state index contributed by atoms with van der Waals surface area (Å²) >= 11 is 1.12. The van der Waals surface area contributed by atoms with E-state index >= 15 is 0 Å². The molecule has 0 bridgehead atoms. The largest absolute Gasteiger partial charge is 0.481 e. The molecule has 0 saturated heterocycles. The fourth-order valence-electron chi connectivity index (χ4n) is 2.23. The monoisotopic (exact) mass is 304 g/mol. The van der Waals surface area contributed by atoms with Crippen LogP contribution in [0.25, 0.3) is 0 Å². The summed E-state index contributed by atoms with van der Waals surface area (Å²) in [6, 6.07) is 0. The van der Waals surface area contributed by atoms with Gasteiger partial charge in [-0.3, -0.25) is 4.79 Å². The van der Waals surface area contributed by atoms with E-state index < -0.39 is 11.4 Å². The standard InChI is InChI=1S/C16H32O3S/c1-2-3-4-5-6-7-8-9-10-11-12-13-16(19)20-14-15(17)18/h16,19H,2-14H2,1H3,(H,17,18). The highest BCUT2D eigenvalue weighted by atomic mass is 32.2. The number of unbranched alkanes of at least 4 members (excludes halogenated alkanes) is 10. The Balaban J connectivity index is 3.10. The number of hydrogen-bond donors (Lipinski definition) is 2. The van der Waals surface area contributed by atoms with E-state index in [1.165, 1.54) is 57.8 Å². The van der Waals surface area contributed by atoms with Crippen LogP contribution in [0.3, 0.4) is 0 Å². The molecule has 0 aliphatic carbocycles. The minimum atomic E-state index is -0.854. The number of aliphatic hydroxyl groups excluding tert-OH is 1. The van der Waals surface area contributed by atoms with Gasteiger partial charge in [-0.15, -0.1) is 11.8 Å². The van der Waals surface area contributed by atoms with Crippen molar-refractivity contribution in [2.24, 2.45) is 0 Å². The van der Waals surface area contributed by atoms with Crippen LogP contribution in [0.15, 0.2) is 0 Å². The van der Waals surface area contributed by atoms with Crippen molar-refractivity contribution in [3.63, 3.8) is 0 Å². The Morgan fingerprint density at radius 2 is 1.35 bits per heavy atom. The smallest absolute Gasteiger partial charge is 0.313 e. The van der Waals surface area contributed by atoms with Crippen molar-refractivity contribution in [1.29, 1.82) is 0 Å². The molecule has 0 fully saturated rings. The van der Waals surface area contributed by atoms with Crippen molar-refractivity contribution in [3.8, 4) is 0 Å². The first-order chi connectivity index (χ1) is 9.66. The first kappa shape index (κ1) is 19.8. The van der Waals surface area contributed by atoms with E-state index in [-0.39, 0.29) is 5.75 Å². The van der Waals surface area contributed by atoms with Gasteiger partial charge in [-0.1, -0.05) is 77.6 Å². The predicted molar refractivity (Wildman–Crippen MR) is 87.2 cm³/mol. The molecule has 0 radical (unpaired) electrons. The number of hydrogen-bond acceptors (Lipinski definition) is 3. The summed E-state index contributed by atoms with van der Waals surface area (Å²) in [6.07, 6.45) is 15.0. The molecule has 0 aliphatic rings. The molecule has 1 atom stereocenters. The van der Waals surface area contributed by atoms with Crippen molar-refractivity contribution in [3.05, 3.63) is 0 Å². The van der Waals surface area contributed by atoms with Gasteiger partial charge in [-0.05, 0) is 6.42 Å². The molecule has 0 rings (SSSR count). The highest BCUT2D eigenvalue weighted by Crippen LogP contribution is 2.16. The highest BCUT2D eigenvalue weighted by Gasteiger charge is 2.06. The summed E-state index contributed by atoms with van der Waals surface area (Å²) < 4.78 is 0. The lowest BCUT2D eigenvalue weighted by atomic mass is 10.1. The Kier molecular flexibility index (Phi) is 15.0. The van der Waals surface area contributed by atoms with Crippen LogP contribution in [0, 0.1) is 0 Å². The van der Waals surface area contributed by atoms with Gasteiger partial charge in [0.2, 0.25) is 0 Å². The summed E-state index contributed by atoms with van der Waals surface area (Å²) in [6.45, 7) is 2.25. The van der Waals surface area contributed by atoms with Crippen LogP contribution in [-0.2, 0) is 4.79 Å². The molecule has 0 aliphatic heterocycles. The molecule has 0 spiro atoms. The van der Waals surface area contributed by atoms with Crippen LogP contribution < -0.4 is 0 Å². The maximum Gasteiger partial charge on any atom is 0.313 e. The maximum absolute atomic E-state index is 10.3. The number of carboxylic acids is 1. The number of rotatable bonds is 15. The number of carbonyl (C=O) groups is 1. The third-order valence-corrected chi connectivity index (χ3v) is 4.49. The average Bonchev–Trinajstić information content (AvgIpc) is 2.42. The van der Waals surface area contributed by atoms with E-state index in [0.717, 1.165) is 31.0 Å². The molecule has 1 unspecified atom stereocenters. The van der Waals surface area contributed by atoms with Gasteiger partial charge in [0.05, 0.1) is 11.2 Å². The van der Waals surface area contributed by atoms with Crippen LogP contribution in [0.1, 0.15) is 84.0 Å². The summed E-state index contributed by atoms with van der Waals surface area (Å²) in [4.78, 5) is 10.3. The SMILES string of the molecule is CCCCCCCCCCCCCC(O)SCC(=O)O. The minimum Gasteiger partial charge on any atom is -0.481 e. The van der Waals surface area contributed by atoms with E-state index in [1.807, 2.05) is 0 Å². The van der Waals surface area contributed by atoms with Gasteiger partial charge in [0, 0.05) is 0 Å². The van der Waals surface area contributed by atoms with Crippen LogP contribution in [0.2, 0.25) is 0 Å². The summed E-state index contributed by atoms with van der Waals surface area (Å²) in [7, 11) is 0. The van der Waals surface area contributed by atoms with Crippen molar-refractivity contribution in [2.45, 2.75) is 89.4 Å². The van der Waals surface area contributed by atoms with Gasteiger partial charge in [0.15, 0.2) is 0 Å². The summed E-state index contributed by atoms with van der Waals surface area (Å²) in [5.41, 5.74) is -0.510. The third-order valence-electron chi connectivity index (χ3n) is 3.45. The van der Waals surface area contributed by atoms with E-state index in [0.29, 0.717) is 0 Å². The molecule has 20 heavy (non-hydrogen) atoms. The second-order valence-electron chi connectivity index (χ2n) is 5.48. The Labute approximate surface area is 128 Å². The Hall–Kier alpha value is -0.220. The molecule has 3 nitrogen and oxygen atoms in total. The second-order valence-corrected chi connectivity index (χ2v) is 6.65. The lowest BCUT2D eigenvalue weighted by molar-refractivity contribution is -0.133. The zero-order valence-electron chi connectivity index (χ0n) is 13.0. The normalized spacial score (nSPS) is 12.5. The van der Waals surface area contributed by atoms with Gasteiger partial charge < -0.3 is 10.2 Å². The molecular formula is C16H32O3S.